The summed E-state index contributed by atoms with van der Waals surface area (Å²) in [5.41, 5.74) is 0. The van der Waals surface area contributed by atoms with E-state index < -0.39 is 0 Å². The van der Waals surface area contributed by atoms with Crippen molar-refractivity contribution in [3.63, 3.8) is 0 Å². The lowest BCUT2D eigenvalue weighted by atomic mass is 10.6. The molecule has 0 aliphatic heterocycles. The highest BCUT2D eigenvalue weighted by atomic mass is 32.1. The van der Waals surface area contributed by atoms with Gasteiger partial charge < -0.3 is 0 Å². The quantitative estimate of drug-likeness (QED) is 0.453. The van der Waals surface area contributed by atoms with Gasteiger partial charge in [-0.25, -0.2) is 0 Å². The summed E-state index contributed by atoms with van der Waals surface area (Å²) >= 11 is 4.48. The monoisotopic (exact) mass is 98.0 g/mol. The van der Waals surface area contributed by atoms with Gasteiger partial charge in [0.15, 0.2) is 0 Å². The van der Waals surface area contributed by atoms with Gasteiger partial charge >= 0.3 is 0 Å². The van der Waals surface area contributed by atoms with Crippen molar-refractivity contribution in [2.75, 3.05) is 5.75 Å². The molecule has 0 N–H and O–H groups in total. The third-order valence-electron chi connectivity index (χ3n) is 0.289. The summed E-state index contributed by atoms with van der Waals surface area (Å²) in [7, 11) is 0. The predicted octanol–water partition coefficient (Wildman–Crippen LogP) is 1.26. The molecule has 0 aliphatic rings. The molecule has 0 saturated carbocycles. The van der Waals surface area contributed by atoms with Gasteiger partial charge in [0, 0.05) is 11.8 Å². The Kier molecular flexibility index (Phi) is 4.26. The normalized spacial score (nSPS) is 8.67. The molecule has 0 atom stereocenters. The molecule has 0 aromatic rings. The lowest BCUT2D eigenvalue weighted by molar-refractivity contribution is 1.53. The van der Waals surface area contributed by atoms with E-state index >= 15 is 0 Å². The molecule has 31 valence electrons. The first kappa shape index (κ1) is 5.58. The summed E-state index contributed by atoms with van der Waals surface area (Å²) in [6.07, 6.45) is 3.02. The molecule has 0 aliphatic carbocycles. The second-order valence-corrected chi connectivity index (χ2v) is 1.03. The molecular formula is C4H4NS. The largest absolute Gasteiger partial charge is 0.193 e. The van der Waals surface area contributed by atoms with Crippen molar-refractivity contribution in [3.05, 3.63) is 12.2 Å². The van der Waals surface area contributed by atoms with Gasteiger partial charge in [-0.15, -0.1) is 0 Å². The SMILES string of the molecule is N#C/C=C/C[S]. The van der Waals surface area contributed by atoms with E-state index in [1.807, 2.05) is 6.07 Å². The highest BCUT2D eigenvalue weighted by Gasteiger charge is 1.59. The van der Waals surface area contributed by atoms with Crippen molar-refractivity contribution >= 4 is 12.6 Å². The van der Waals surface area contributed by atoms with Gasteiger partial charge in [0.2, 0.25) is 0 Å². The molecule has 0 fully saturated rings. The molecule has 2 heteroatoms. The number of allylic oxidation sites excluding steroid dienone is 1. The summed E-state index contributed by atoms with van der Waals surface area (Å²) < 4.78 is 0. The highest BCUT2D eigenvalue weighted by Crippen LogP contribution is 1.72. The highest BCUT2D eigenvalue weighted by molar-refractivity contribution is 7.80. The Hall–Kier alpha value is -0.420. The Morgan fingerprint density at radius 2 is 2.50 bits per heavy atom. The molecule has 0 bridgehead atoms. The summed E-state index contributed by atoms with van der Waals surface area (Å²) in [6, 6.07) is 1.82. The van der Waals surface area contributed by atoms with Crippen molar-refractivity contribution in [1.29, 1.82) is 5.26 Å². The molecule has 0 saturated heterocycles. The fourth-order valence-electron chi connectivity index (χ4n) is 0.101. The van der Waals surface area contributed by atoms with E-state index in [1.165, 1.54) is 6.08 Å². The van der Waals surface area contributed by atoms with Gasteiger partial charge in [-0.2, -0.15) is 5.26 Å². The number of hydrogen-bond acceptors (Lipinski definition) is 1. The van der Waals surface area contributed by atoms with Crippen molar-refractivity contribution in [1.82, 2.24) is 0 Å². The van der Waals surface area contributed by atoms with Crippen LogP contribution in [-0.4, -0.2) is 5.75 Å². The fraction of sp³-hybridized carbons (Fsp3) is 0.250. The Morgan fingerprint density at radius 1 is 1.83 bits per heavy atom. The number of nitriles is 1. The Morgan fingerprint density at radius 3 is 2.67 bits per heavy atom. The Bertz CT molecular complexity index is 80.0. The average molecular weight is 98.2 g/mol. The molecule has 1 nitrogen and oxygen atoms in total. The molecule has 0 rings (SSSR count). The number of rotatable bonds is 1. The van der Waals surface area contributed by atoms with Crippen LogP contribution in [0.3, 0.4) is 0 Å². The van der Waals surface area contributed by atoms with Gasteiger partial charge in [-0.1, -0.05) is 18.7 Å². The maximum absolute atomic E-state index is 7.81. The summed E-state index contributed by atoms with van der Waals surface area (Å²) in [5, 5.41) is 7.81. The third-order valence-corrected chi connectivity index (χ3v) is 0.481. The van der Waals surface area contributed by atoms with Crippen LogP contribution in [0.5, 0.6) is 0 Å². The van der Waals surface area contributed by atoms with E-state index in [2.05, 4.69) is 12.6 Å². The zero-order chi connectivity index (χ0) is 4.83. The van der Waals surface area contributed by atoms with E-state index in [1.54, 1.807) is 6.08 Å². The van der Waals surface area contributed by atoms with Crippen LogP contribution in [0.4, 0.5) is 0 Å². The van der Waals surface area contributed by atoms with Crippen LogP contribution in [0.15, 0.2) is 12.2 Å². The second kappa shape index (κ2) is 4.58. The van der Waals surface area contributed by atoms with Crippen molar-refractivity contribution in [2.24, 2.45) is 0 Å². The van der Waals surface area contributed by atoms with Crippen LogP contribution < -0.4 is 0 Å². The average Bonchev–Trinajstić information content (AvgIpc) is 1.61. The molecule has 0 aromatic carbocycles. The zero-order valence-corrected chi connectivity index (χ0v) is 4.03. The Labute approximate surface area is 42.7 Å². The molecule has 0 unspecified atom stereocenters. The van der Waals surface area contributed by atoms with Gasteiger partial charge in [-0.3, -0.25) is 0 Å². The Balaban J connectivity index is 3.02. The number of hydrogen-bond donors (Lipinski definition) is 0. The van der Waals surface area contributed by atoms with Crippen LogP contribution >= 0.6 is 12.6 Å². The maximum Gasteiger partial charge on any atom is 0.0908 e. The van der Waals surface area contributed by atoms with Crippen molar-refractivity contribution < 1.29 is 0 Å². The van der Waals surface area contributed by atoms with E-state index in [0.717, 1.165) is 0 Å². The van der Waals surface area contributed by atoms with Crippen LogP contribution in [-0.2, 0) is 0 Å². The van der Waals surface area contributed by atoms with Crippen molar-refractivity contribution in [3.8, 4) is 6.07 Å². The lowest BCUT2D eigenvalue weighted by Gasteiger charge is -1.61. The van der Waals surface area contributed by atoms with Crippen LogP contribution in [0.1, 0.15) is 0 Å². The van der Waals surface area contributed by atoms with E-state index in [-0.39, 0.29) is 0 Å². The first-order chi connectivity index (χ1) is 2.91. The number of nitrogens with zero attached hydrogens (tertiary/aromatic N) is 1. The zero-order valence-electron chi connectivity index (χ0n) is 3.22. The van der Waals surface area contributed by atoms with Gasteiger partial charge in [0.05, 0.1) is 6.07 Å². The van der Waals surface area contributed by atoms with Crippen LogP contribution in [0, 0.1) is 11.3 Å². The molecule has 0 heterocycles. The summed E-state index contributed by atoms with van der Waals surface area (Å²) in [4.78, 5) is 0. The molecule has 1 radical (unpaired) electrons. The van der Waals surface area contributed by atoms with E-state index in [9.17, 15) is 0 Å². The maximum atomic E-state index is 7.81. The molecular weight excluding hydrogens is 94.1 g/mol. The first-order valence-electron chi connectivity index (χ1n) is 1.54. The predicted molar refractivity (Wildman–Crippen MR) is 27.2 cm³/mol. The minimum atomic E-state index is 0.535. The topological polar surface area (TPSA) is 23.8 Å². The van der Waals surface area contributed by atoms with Gasteiger partial charge in [-0.05, 0) is 0 Å². The molecule has 0 amide bonds. The smallest absolute Gasteiger partial charge is 0.0908 e. The third kappa shape index (κ3) is 3.58. The summed E-state index contributed by atoms with van der Waals surface area (Å²) in [5.74, 6) is 0.535. The molecule has 6 heavy (non-hydrogen) atoms. The molecule has 0 aromatic heterocycles. The van der Waals surface area contributed by atoms with E-state index in [0.29, 0.717) is 5.75 Å². The second-order valence-electron chi connectivity index (χ2n) is 0.698. The molecule has 0 spiro atoms. The minimum absolute atomic E-state index is 0.535. The van der Waals surface area contributed by atoms with Crippen molar-refractivity contribution in [2.45, 2.75) is 0 Å². The minimum Gasteiger partial charge on any atom is -0.193 e. The van der Waals surface area contributed by atoms with Crippen LogP contribution in [0.2, 0.25) is 0 Å². The summed E-state index contributed by atoms with van der Waals surface area (Å²) in [6.45, 7) is 0. The van der Waals surface area contributed by atoms with Crippen LogP contribution in [0.25, 0.3) is 0 Å². The van der Waals surface area contributed by atoms with E-state index in [4.69, 9.17) is 5.26 Å². The lowest BCUT2D eigenvalue weighted by Crippen LogP contribution is -1.53. The van der Waals surface area contributed by atoms with Gasteiger partial charge in [0.25, 0.3) is 0 Å². The fourth-order valence-corrected chi connectivity index (χ4v) is 0.197. The first-order valence-corrected chi connectivity index (χ1v) is 2.12. The standard InChI is InChI=1S/C4H4NS/c5-3-1-2-4-6/h1-2H,4H2/b2-1+. The van der Waals surface area contributed by atoms with Gasteiger partial charge in [0.1, 0.15) is 0 Å².